The molecule has 0 bridgehead atoms. The summed E-state index contributed by atoms with van der Waals surface area (Å²) in [6.07, 6.45) is 2.10. The van der Waals surface area contributed by atoms with Crippen LogP contribution in [0.1, 0.15) is 35.7 Å². The summed E-state index contributed by atoms with van der Waals surface area (Å²) in [5.41, 5.74) is 8.97. The highest BCUT2D eigenvalue weighted by Crippen LogP contribution is 2.36. The molecule has 1 aliphatic rings. The first-order chi connectivity index (χ1) is 15.3. The Balaban J connectivity index is 1.83. The second-order valence-electron chi connectivity index (χ2n) is 8.30. The predicted molar refractivity (Wildman–Crippen MR) is 124 cm³/mol. The normalized spacial score (nSPS) is 14.6. The molecule has 3 rings (SSSR count). The molecule has 0 saturated carbocycles. The van der Waals surface area contributed by atoms with Crippen LogP contribution in [0.25, 0.3) is 0 Å². The van der Waals surface area contributed by atoms with Gasteiger partial charge in [0.15, 0.2) is 0 Å². The summed E-state index contributed by atoms with van der Waals surface area (Å²) in [5, 5.41) is 23.3. The van der Waals surface area contributed by atoms with Crippen molar-refractivity contribution in [3.05, 3.63) is 47.3 Å². The first kappa shape index (κ1) is 23.6. The van der Waals surface area contributed by atoms with Gasteiger partial charge in [-0.25, -0.2) is 9.92 Å². The lowest BCUT2D eigenvalue weighted by atomic mass is 9.92. The van der Waals surface area contributed by atoms with Crippen molar-refractivity contribution in [1.82, 2.24) is 10.2 Å². The fourth-order valence-corrected chi connectivity index (χ4v) is 3.74. The minimum Gasteiger partial charge on any atom is -0.386 e. The number of hydrogen-bond donors (Lipinski definition) is 5. The average molecular weight is 443 g/mol. The number of anilines is 3. The Hall–Kier alpha value is -3.04. The number of nitrogens with zero attached hydrogens (tertiary/aromatic N) is 2. The highest BCUT2D eigenvalue weighted by Gasteiger charge is 2.44. The first-order valence-corrected chi connectivity index (χ1v) is 10.8. The summed E-state index contributed by atoms with van der Waals surface area (Å²) < 4.78 is 14.4. The number of hydrogen-bond acceptors (Lipinski definition) is 7. The molecule has 2 aromatic carbocycles. The third kappa shape index (κ3) is 5.23. The molecule has 5 N–H and O–H groups in total. The zero-order valence-electron chi connectivity index (χ0n) is 18.8. The van der Waals surface area contributed by atoms with Crippen LogP contribution in [-0.2, 0) is 0 Å². The molecule has 1 heterocycles. The molecule has 2 aromatic rings. The van der Waals surface area contributed by atoms with Crippen molar-refractivity contribution in [1.29, 1.82) is 5.53 Å². The molecule has 0 aliphatic carbocycles. The minimum absolute atomic E-state index is 0.211. The summed E-state index contributed by atoms with van der Waals surface area (Å²) in [7, 11) is 1.68. The van der Waals surface area contributed by atoms with Gasteiger partial charge in [-0.05, 0) is 49.7 Å². The molecule has 172 valence electrons. The van der Waals surface area contributed by atoms with Crippen LogP contribution in [0.5, 0.6) is 0 Å². The van der Waals surface area contributed by atoms with E-state index in [1.165, 1.54) is 6.07 Å². The van der Waals surface area contributed by atoms with Gasteiger partial charge in [-0.3, -0.25) is 4.79 Å². The van der Waals surface area contributed by atoms with Gasteiger partial charge in [0.25, 0.3) is 5.91 Å². The molecule has 0 radical (unpaired) electrons. The van der Waals surface area contributed by atoms with Crippen LogP contribution in [0.3, 0.4) is 0 Å². The largest absolute Gasteiger partial charge is 0.386 e. The fraction of sp³-hybridized carbons (Fsp3) is 0.435. The monoisotopic (exact) mass is 442 g/mol. The Morgan fingerprint density at radius 1 is 1.25 bits per heavy atom. The predicted octanol–water partition coefficient (Wildman–Crippen LogP) is 4.16. The highest BCUT2D eigenvalue weighted by atomic mass is 19.1. The molecule has 0 atom stereocenters. The van der Waals surface area contributed by atoms with E-state index < -0.39 is 11.4 Å². The van der Waals surface area contributed by atoms with Crippen molar-refractivity contribution in [2.75, 3.05) is 43.9 Å². The maximum Gasteiger partial charge on any atom is 0.256 e. The molecule has 1 aliphatic heterocycles. The fourth-order valence-electron chi connectivity index (χ4n) is 3.74. The Labute approximate surface area is 187 Å². The van der Waals surface area contributed by atoms with Crippen molar-refractivity contribution >= 4 is 28.7 Å². The molecule has 0 unspecified atom stereocenters. The van der Waals surface area contributed by atoms with Gasteiger partial charge in [-0.2, -0.15) is 5.11 Å². The van der Waals surface area contributed by atoms with Crippen LogP contribution in [0.2, 0.25) is 0 Å². The van der Waals surface area contributed by atoms with E-state index in [9.17, 15) is 14.3 Å². The summed E-state index contributed by atoms with van der Waals surface area (Å²) in [6, 6.07) is 7.92. The van der Waals surface area contributed by atoms with Crippen molar-refractivity contribution in [3.63, 3.8) is 0 Å². The van der Waals surface area contributed by atoms with E-state index >= 15 is 0 Å². The number of β-amino-alcohol motifs (C(OH)–C–C–N with tert-alkyl or cyclic N) is 1. The van der Waals surface area contributed by atoms with Gasteiger partial charge in [0.2, 0.25) is 0 Å². The molecule has 32 heavy (non-hydrogen) atoms. The highest BCUT2D eigenvalue weighted by molar-refractivity contribution is 6.03. The summed E-state index contributed by atoms with van der Waals surface area (Å²) in [4.78, 5) is 14.8. The smallest absolute Gasteiger partial charge is 0.256 e. The number of benzene rings is 2. The van der Waals surface area contributed by atoms with Gasteiger partial charge in [-0.1, -0.05) is 19.4 Å². The summed E-state index contributed by atoms with van der Waals surface area (Å²) >= 11 is 0. The van der Waals surface area contributed by atoms with E-state index in [0.717, 1.165) is 24.9 Å². The third-order valence-corrected chi connectivity index (χ3v) is 5.57. The summed E-state index contributed by atoms with van der Waals surface area (Å²) in [6.45, 7) is 5.57. The maximum absolute atomic E-state index is 14.4. The average Bonchev–Trinajstić information content (AvgIpc) is 2.76. The van der Waals surface area contributed by atoms with Crippen molar-refractivity contribution in [2.45, 2.75) is 32.3 Å². The molecular weight excluding hydrogens is 411 g/mol. The van der Waals surface area contributed by atoms with Crippen LogP contribution < -0.4 is 16.0 Å². The first-order valence-electron chi connectivity index (χ1n) is 10.8. The lowest BCUT2D eigenvalue weighted by Gasteiger charge is -2.46. The quantitative estimate of drug-likeness (QED) is 0.280. The van der Waals surface area contributed by atoms with Gasteiger partial charge >= 0.3 is 0 Å². The Kier molecular flexibility index (Phi) is 7.42. The van der Waals surface area contributed by atoms with Crippen LogP contribution in [0.15, 0.2) is 35.4 Å². The number of halogens is 1. The lowest BCUT2D eigenvalue weighted by Crippen LogP contribution is -2.67. The number of rotatable bonds is 10. The molecule has 1 saturated heterocycles. The number of aliphatic hydroxyl groups is 1. The molecule has 1 amide bonds. The SMILES string of the molecule is CCCCNCC1(O)CN(C(=O)c2cc(NC)c(N=N)cc2Nc2ccc(C)cc2F)C1. The van der Waals surface area contributed by atoms with E-state index in [1.54, 1.807) is 43.1 Å². The number of unbranched alkanes of at least 4 members (excludes halogenated alkanes) is 1. The topological polar surface area (TPSA) is 113 Å². The minimum atomic E-state index is -0.956. The molecule has 8 nitrogen and oxygen atoms in total. The molecular formula is C23H31FN6O2. The molecule has 0 aromatic heterocycles. The van der Waals surface area contributed by atoms with Gasteiger partial charge in [0.1, 0.15) is 17.1 Å². The summed E-state index contributed by atoms with van der Waals surface area (Å²) in [5.74, 6) is -0.729. The van der Waals surface area contributed by atoms with Crippen LogP contribution >= 0.6 is 0 Å². The number of amides is 1. The van der Waals surface area contributed by atoms with Crippen LogP contribution in [-0.4, -0.2) is 54.7 Å². The number of carbonyl (C=O) groups is 1. The second-order valence-corrected chi connectivity index (χ2v) is 8.30. The van der Waals surface area contributed by atoms with Crippen LogP contribution in [0, 0.1) is 18.3 Å². The van der Waals surface area contributed by atoms with E-state index in [0.29, 0.717) is 29.2 Å². The Morgan fingerprint density at radius 2 is 2.00 bits per heavy atom. The number of nitrogens with one attached hydrogen (secondary N) is 4. The van der Waals surface area contributed by atoms with Crippen LogP contribution in [0.4, 0.5) is 27.1 Å². The van der Waals surface area contributed by atoms with Crippen molar-refractivity contribution in [2.24, 2.45) is 5.11 Å². The van der Waals surface area contributed by atoms with E-state index in [-0.39, 0.29) is 24.7 Å². The van der Waals surface area contributed by atoms with E-state index in [4.69, 9.17) is 5.53 Å². The third-order valence-electron chi connectivity index (χ3n) is 5.57. The standard InChI is InChI=1S/C23H31FN6O2/c1-4-5-8-27-12-23(32)13-30(14-23)22(31)16-10-20(26-3)21(29-25)11-19(16)28-18-7-6-15(2)9-17(18)24/h6-7,9-11,25-28,32H,4-5,8,12-14H2,1-3H3. The number of carbonyl (C=O) groups excluding carboxylic acids is 1. The molecule has 1 fully saturated rings. The van der Waals surface area contributed by atoms with Gasteiger partial charge in [-0.15, -0.1) is 0 Å². The zero-order chi connectivity index (χ0) is 23.3. The van der Waals surface area contributed by atoms with Gasteiger partial charge < -0.3 is 26.0 Å². The van der Waals surface area contributed by atoms with Gasteiger partial charge in [0, 0.05) is 13.6 Å². The van der Waals surface area contributed by atoms with E-state index in [1.807, 2.05) is 0 Å². The zero-order valence-corrected chi connectivity index (χ0v) is 18.8. The van der Waals surface area contributed by atoms with Crippen molar-refractivity contribution < 1.29 is 14.3 Å². The van der Waals surface area contributed by atoms with Gasteiger partial charge in [0.05, 0.1) is 35.7 Å². The molecule has 9 heteroatoms. The van der Waals surface area contributed by atoms with E-state index in [2.05, 4.69) is 28.0 Å². The Bertz CT molecular complexity index is 991. The Morgan fingerprint density at radius 3 is 2.62 bits per heavy atom. The maximum atomic E-state index is 14.4. The molecule has 0 spiro atoms. The number of aryl methyl sites for hydroxylation is 1. The number of likely N-dealkylation sites (tertiary alicyclic amines) is 1. The van der Waals surface area contributed by atoms with Crippen molar-refractivity contribution in [3.8, 4) is 0 Å². The second kappa shape index (κ2) is 10.1. The lowest BCUT2D eigenvalue weighted by molar-refractivity contribution is -0.0784.